The number of hydrogen-bond donors (Lipinski definition) is 1. The van der Waals surface area contributed by atoms with Gasteiger partial charge in [-0.1, -0.05) is 11.3 Å². The molecule has 0 radical (unpaired) electrons. The first-order valence-electron chi connectivity index (χ1n) is 3.19. The van der Waals surface area contributed by atoms with E-state index in [2.05, 4.69) is 11.7 Å². The Hall–Kier alpha value is -1.45. The van der Waals surface area contributed by atoms with Crippen molar-refractivity contribution in [2.24, 2.45) is 10.8 Å². The third-order valence-electron chi connectivity index (χ3n) is 1.66. The maximum atomic E-state index is 11.2. The molecule has 0 unspecified atom stereocenters. The first-order chi connectivity index (χ1) is 5.04. The Bertz CT molecular complexity index is 295. The van der Waals surface area contributed by atoms with Crippen LogP contribution in [0.25, 0.3) is 0 Å². The Morgan fingerprint density at radius 3 is 2.73 bits per heavy atom. The van der Waals surface area contributed by atoms with Gasteiger partial charge in [-0.15, -0.1) is 0 Å². The molecule has 0 saturated carbocycles. The van der Waals surface area contributed by atoms with E-state index in [9.17, 15) is 4.79 Å². The van der Waals surface area contributed by atoms with Gasteiger partial charge in [-0.25, -0.2) is 0 Å². The van der Waals surface area contributed by atoms with E-state index in [0.29, 0.717) is 5.71 Å². The largest absolute Gasteiger partial charge is 0.378 e. The molecule has 0 spiro atoms. The summed E-state index contributed by atoms with van der Waals surface area (Å²) >= 11 is 0. The fraction of sp³-hybridized carbons (Fsp3) is 0.286. The number of hydrazone groups is 1. The number of amidine groups is 1. The molecule has 4 nitrogen and oxygen atoms in total. The van der Waals surface area contributed by atoms with E-state index in [1.165, 1.54) is 4.68 Å². The second-order valence-corrected chi connectivity index (χ2v) is 2.40. The lowest BCUT2D eigenvalue weighted by atomic mass is 10.1. The molecule has 0 aromatic carbocycles. The highest BCUT2D eigenvalue weighted by molar-refractivity contribution is 6.50. The standard InChI is InChI=1S/C7H9N3O/c1-4-6(11)5(2)10(3)9-7(4)8/h1H2,2-3H3,(H-,8,9,11)/p+1. The molecule has 0 amide bonds. The number of Topliss-reactive ketones (excluding diaryl/α,β-unsaturated/α-hetero) is 1. The molecular formula is C7H10N3O+. The third kappa shape index (κ3) is 1.07. The minimum Gasteiger partial charge on any atom is -0.378 e. The van der Waals surface area contributed by atoms with Gasteiger partial charge in [-0.3, -0.25) is 4.79 Å². The van der Waals surface area contributed by atoms with E-state index in [1.54, 1.807) is 14.0 Å². The normalized spacial score (nSPS) is 18.9. The summed E-state index contributed by atoms with van der Waals surface area (Å²) in [6.07, 6.45) is 0. The molecule has 1 aliphatic heterocycles. The second-order valence-electron chi connectivity index (χ2n) is 2.40. The van der Waals surface area contributed by atoms with Crippen molar-refractivity contribution in [3.8, 4) is 0 Å². The van der Waals surface area contributed by atoms with Gasteiger partial charge in [-0.2, -0.15) is 0 Å². The second kappa shape index (κ2) is 2.30. The highest BCUT2D eigenvalue weighted by atomic mass is 16.1. The molecule has 2 N–H and O–H groups in total. The van der Waals surface area contributed by atoms with Gasteiger partial charge in [-0.05, 0) is 0 Å². The van der Waals surface area contributed by atoms with Gasteiger partial charge in [0.05, 0.1) is 5.57 Å². The van der Waals surface area contributed by atoms with Crippen LogP contribution in [-0.4, -0.2) is 29.1 Å². The van der Waals surface area contributed by atoms with Crippen LogP contribution in [0.2, 0.25) is 0 Å². The van der Waals surface area contributed by atoms with Crippen LogP contribution in [0.4, 0.5) is 0 Å². The van der Waals surface area contributed by atoms with Crippen LogP contribution in [0.15, 0.2) is 17.3 Å². The Balaban J connectivity index is 3.22. The van der Waals surface area contributed by atoms with Crippen LogP contribution in [0.5, 0.6) is 0 Å². The van der Waals surface area contributed by atoms with Crippen molar-refractivity contribution in [3.05, 3.63) is 12.2 Å². The number of rotatable bonds is 0. The van der Waals surface area contributed by atoms with Crippen molar-refractivity contribution in [1.29, 1.82) is 0 Å². The smallest absolute Gasteiger partial charge is 0.257 e. The summed E-state index contributed by atoms with van der Waals surface area (Å²) in [7, 11) is 1.67. The van der Waals surface area contributed by atoms with Crippen molar-refractivity contribution in [2.75, 3.05) is 7.05 Å². The molecule has 0 fully saturated rings. The van der Waals surface area contributed by atoms with Crippen LogP contribution < -0.4 is 5.73 Å². The van der Waals surface area contributed by atoms with Crippen molar-refractivity contribution in [1.82, 2.24) is 0 Å². The van der Waals surface area contributed by atoms with Crippen LogP contribution >= 0.6 is 0 Å². The molecular weight excluding hydrogens is 142 g/mol. The number of nitrogens with two attached hydrogens (primary N) is 1. The first kappa shape index (κ1) is 7.65. The molecule has 11 heavy (non-hydrogen) atoms. The van der Waals surface area contributed by atoms with Crippen LogP contribution in [0.1, 0.15) is 6.92 Å². The summed E-state index contributed by atoms with van der Waals surface area (Å²) < 4.78 is 1.45. The molecule has 1 aliphatic rings. The number of hydrogen-bond acceptors (Lipinski definition) is 3. The summed E-state index contributed by atoms with van der Waals surface area (Å²) in [6, 6.07) is 0. The van der Waals surface area contributed by atoms with E-state index in [4.69, 9.17) is 5.73 Å². The maximum absolute atomic E-state index is 11.2. The van der Waals surface area contributed by atoms with E-state index >= 15 is 0 Å². The lowest BCUT2D eigenvalue weighted by molar-refractivity contribution is -0.502. The van der Waals surface area contributed by atoms with Gasteiger partial charge < -0.3 is 5.73 Å². The zero-order valence-corrected chi connectivity index (χ0v) is 6.59. The molecule has 1 heterocycles. The molecule has 0 saturated heterocycles. The first-order valence-corrected chi connectivity index (χ1v) is 3.19. The van der Waals surface area contributed by atoms with Crippen molar-refractivity contribution >= 4 is 17.3 Å². The Labute approximate surface area is 64.7 Å². The number of ketones is 1. The van der Waals surface area contributed by atoms with Gasteiger partial charge in [0, 0.05) is 12.0 Å². The zero-order chi connectivity index (χ0) is 8.59. The fourth-order valence-corrected chi connectivity index (χ4v) is 0.779. The SMILES string of the molecule is C=C1C(=O)C(C)=[N+](C)N=C1N. The van der Waals surface area contributed by atoms with Crippen LogP contribution in [-0.2, 0) is 4.79 Å². The Morgan fingerprint density at radius 1 is 1.64 bits per heavy atom. The van der Waals surface area contributed by atoms with Gasteiger partial charge in [0.1, 0.15) is 0 Å². The van der Waals surface area contributed by atoms with E-state index in [-0.39, 0.29) is 17.2 Å². The van der Waals surface area contributed by atoms with E-state index < -0.39 is 0 Å². The van der Waals surface area contributed by atoms with E-state index in [1.807, 2.05) is 0 Å². The minimum absolute atomic E-state index is 0.139. The average Bonchev–Trinajstić information content (AvgIpc) is 1.97. The quantitative estimate of drug-likeness (QED) is 0.376. The van der Waals surface area contributed by atoms with Gasteiger partial charge in [0.15, 0.2) is 7.05 Å². The van der Waals surface area contributed by atoms with Crippen LogP contribution in [0, 0.1) is 0 Å². The monoisotopic (exact) mass is 152 g/mol. The number of carbonyl (C=O) groups is 1. The highest BCUT2D eigenvalue weighted by Gasteiger charge is 2.27. The van der Waals surface area contributed by atoms with Gasteiger partial charge in [0.2, 0.25) is 5.84 Å². The summed E-state index contributed by atoms with van der Waals surface area (Å²) in [6.45, 7) is 5.19. The third-order valence-corrected chi connectivity index (χ3v) is 1.66. The fourth-order valence-electron chi connectivity index (χ4n) is 0.779. The van der Waals surface area contributed by atoms with Crippen molar-refractivity contribution in [3.63, 3.8) is 0 Å². The number of carbonyl (C=O) groups excluding carboxylic acids is 1. The van der Waals surface area contributed by atoms with E-state index in [0.717, 1.165) is 0 Å². The Kier molecular flexibility index (Phi) is 1.60. The van der Waals surface area contributed by atoms with Crippen molar-refractivity contribution < 1.29 is 9.48 Å². The zero-order valence-electron chi connectivity index (χ0n) is 6.59. The predicted octanol–water partition coefficient (Wildman–Crippen LogP) is -0.499. The predicted molar refractivity (Wildman–Crippen MR) is 42.6 cm³/mol. The molecule has 0 atom stereocenters. The summed E-state index contributed by atoms with van der Waals surface area (Å²) in [4.78, 5) is 11.2. The minimum atomic E-state index is -0.139. The average molecular weight is 152 g/mol. The molecule has 0 bridgehead atoms. The summed E-state index contributed by atoms with van der Waals surface area (Å²) in [5.41, 5.74) is 6.22. The summed E-state index contributed by atoms with van der Waals surface area (Å²) in [5, 5.41) is 3.87. The van der Waals surface area contributed by atoms with Gasteiger partial charge >= 0.3 is 0 Å². The lowest BCUT2D eigenvalue weighted by Gasteiger charge is -2.04. The highest BCUT2D eigenvalue weighted by Crippen LogP contribution is 2.01. The molecule has 0 aliphatic carbocycles. The molecule has 0 aromatic heterocycles. The topological polar surface area (TPSA) is 58.5 Å². The molecule has 58 valence electrons. The van der Waals surface area contributed by atoms with Crippen LogP contribution in [0.3, 0.4) is 0 Å². The molecule has 1 rings (SSSR count). The lowest BCUT2D eigenvalue weighted by Crippen LogP contribution is -2.34. The summed E-state index contributed by atoms with van der Waals surface area (Å²) in [5.74, 6) is 0.0584. The Morgan fingerprint density at radius 2 is 2.18 bits per heavy atom. The molecule has 4 heteroatoms. The van der Waals surface area contributed by atoms with Gasteiger partial charge in [0.25, 0.3) is 11.5 Å². The maximum Gasteiger partial charge on any atom is 0.257 e. The number of nitrogens with zero attached hydrogens (tertiary/aromatic N) is 2. The molecule has 0 aromatic rings. The van der Waals surface area contributed by atoms with Crippen molar-refractivity contribution in [2.45, 2.75) is 6.92 Å².